The smallest absolute Gasteiger partial charge is 0.129 e. The summed E-state index contributed by atoms with van der Waals surface area (Å²) in [6, 6.07) is 3.68. The fraction of sp³-hybridized carbons (Fsp3) is 0.300. The van der Waals surface area contributed by atoms with Gasteiger partial charge < -0.3 is 0 Å². The second kappa shape index (κ2) is 4.19. The molecule has 2 heteroatoms. The summed E-state index contributed by atoms with van der Waals surface area (Å²) in [6.07, 6.45) is 2.25. The summed E-state index contributed by atoms with van der Waals surface area (Å²) >= 11 is 0. The van der Waals surface area contributed by atoms with Gasteiger partial charge in [0.2, 0.25) is 0 Å². The first-order valence-corrected chi connectivity index (χ1v) is 3.97. The van der Waals surface area contributed by atoms with Crippen LogP contribution in [0.1, 0.15) is 18.4 Å². The van der Waals surface area contributed by atoms with Gasteiger partial charge in [-0.05, 0) is 24.5 Å². The van der Waals surface area contributed by atoms with Crippen LogP contribution in [0.5, 0.6) is 0 Å². The minimum absolute atomic E-state index is 0.455. The van der Waals surface area contributed by atoms with E-state index in [1.165, 1.54) is 12.1 Å². The quantitative estimate of drug-likeness (QED) is 0.652. The van der Waals surface area contributed by atoms with Crippen LogP contribution in [0.3, 0.4) is 0 Å². The third-order valence-electron chi connectivity index (χ3n) is 1.71. The molecule has 0 aliphatic rings. The topological polar surface area (TPSA) is 0 Å². The highest BCUT2D eigenvalue weighted by Gasteiger charge is 2.01. The van der Waals surface area contributed by atoms with E-state index in [9.17, 15) is 8.78 Å². The molecule has 0 aromatic heterocycles. The van der Waals surface area contributed by atoms with E-state index in [4.69, 9.17) is 0 Å². The summed E-state index contributed by atoms with van der Waals surface area (Å²) < 4.78 is 25.3. The second-order valence-corrected chi connectivity index (χ2v) is 2.69. The molecule has 0 unspecified atom stereocenters. The van der Waals surface area contributed by atoms with Gasteiger partial charge in [-0.3, -0.25) is 0 Å². The van der Waals surface area contributed by atoms with Gasteiger partial charge in [0.05, 0.1) is 0 Å². The molecule has 0 N–H and O–H groups in total. The van der Waals surface area contributed by atoms with Crippen molar-refractivity contribution in [2.45, 2.75) is 19.3 Å². The van der Waals surface area contributed by atoms with Crippen LogP contribution in [-0.2, 0) is 6.42 Å². The van der Waals surface area contributed by atoms with E-state index in [1.54, 1.807) is 0 Å². The average Bonchev–Trinajstić information content (AvgIpc) is 2.03. The highest BCUT2D eigenvalue weighted by molar-refractivity contribution is 5.18. The highest BCUT2D eigenvalue weighted by atomic mass is 19.1. The first kappa shape index (κ1) is 9.17. The van der Waals surface area contributed by atoms with E-state index in [2.05, 4.69) is 6.92 Å². The van der Waals surface area contributed by atoms with Crippen molar-refractivity contribution in [1.29, 1.82) is 0 Å². The average molecular weight is 169 g/mol. The molecule has 1 radical (unpaired) electrons. The Morgan fingerprint density at radius 2 is 2.00 bits per heavy atom. The molecule has 0 spiro atoms. The molecular formula is C10H11F2. The minimum atomic E-state index is -0.522. The number of rotatable bonds is 3. The largest absolute Gasteiger partial charge is 0.207 e. The molecule has 0 aliphatic heterocycles. The van der Waals surface area contributed by atoms with Gasteiger partial charge in [0.25, 0.3) is 0 Å². The van der Waals surface area contributed by atoms with Crippen molar-refractivity contribution in [3.05, 3.63) is 42.3 Å². The maximum absolute atomic E-state index is 12.9. The van der Waals surface area contributed by atoms with Crippen LogP contribution in [0, 0.1) is 18.6 Å². The number of halogens is 2. The Hall–Kier alpha value is -0.920. The van der Waals surface area contributed by atoms with Gasteiger partial charge in [0, 0.05) is 6.07 Å². The Morgan fingerprint density at radius 1 is 1.25 bits per heavy atom. The molecule has 0 nitrogen and oxygen atoms in total. The van der Waals surface area contributed by atoms with Crippen LogP contribution in [-0.4, -0.2) is 0 Å². The van der Waals surface area contributed by atoms with Gasteiger partial charge in [0.15, 0.2) is 0 Å². The van der Waals surface area contributed by atoms with E-state index < -0.39 is 11.6 Å². The molecule has 0 aliphatic carbocycles. The Bertz CT molecular complexity index is 256. The first-order chi connectivity index (χ1) is 5.74. The maximum Gasteiger partial charge on any atom is 0.129 e. The SMILES string of the molecule is [CH2]CCCc1ccc(F)cc1F. The lowest BCUT2D eigenvalue weighted by atomic mass is 10.1. The van der Waals surface area contributed by atoms with E-state index in [1.807, 2.05) is 0 Å². The monoisotopic (exact) mass is 169 g/mol. The molecule has 0 amide bonds. The molecule has 12 heavy (non-hydrogen) atoms. The third-order valence-corrected chi connectivity index (χ3v) is 1.71. The summed E-state index contributed by atoms with van der Waals surface area (Å²) in [7, 11) is 0. The van der Waals surface area contributed by atoms with Crippen molar-refractivity contribution in [2.24, 2.45) is 0 Å². The molecule has 0 atom stereocenters. The summed E-state index contributed by atoms with van der Waals surface area (Å²) in [5, 5.41) is 0. The van der Waals surface area contributed by atoms with Crippen LogP contribution in [0.15, 0.2) is 18.2 Å². The van der Waals surface area contributed by atoms with E-state index in [-0.39, 0.29) is 0 Å². The van der Waals surface area contributed by atoms with Crippen molar-refractivity contribution in [1.82, 2.24) is 0 Å². The van der Waals surface area contributed by atoms with Crippen LogP contribution >= 0.6 is 0 Å². The number of hydrogen-bond acceptors (Lipinski definition) is 0. The van der Waals surface area contributed by atoms with Crippen LogP contribution in [0.4, 0.5) is 8.78 Å². The molecule has 0 saturated heterocycles. The van der Waals surface area contributed by atoms with Crippen molar-refractivity contribution >= 4 is 0 Å². The number of benzene rings is 1. The maximum atomic E-state index is 12.9. The Labute approximate surface area is 71.2 Å². The molecule has 1 aromatic rings. The zero-order chi connectivity index (χ0) is 8.97. The number of hydrogen-bond donors (Lipinski definition) is 0. The lowest BCUT2D eigenvalue weighted by molar-refractivity contribution is 0.569. The molecule has 0 heterocycles. The van der Waals surface area contributed by atoms with Gasteiger partial charge in [-0.25, -0.2) is 8.78 Å². The van der Waals surface area contributed by atoms with Gasteiger partial charge >= 0.3 is 0 Å². The van der Waals surface area contributed by atoms with Gasteiger partial charge in [-0.15, -0.1) is 0 Å². The summed E-state index contributed by atoms with van der Waals surface area (Å²) in [5.74, 6) is -0.977. The zero-order valence-electron chi connectivity index (χ0n) is 6.82. The molecule has 0 fully saturated rings. The van der Waals surface area contributed by atoms with Gasteiger partial charge in [-0.1, -0.05) is 19.4 Å². The van der Waals surface area contributed by atoms with Crippen molar-refractivity contribution in [2.75, 3.05) is 0 Å². The lowest BCUT2D eigenvalue weighted by Gasteiger charge is -2.00. The predicted molar refractivity (Wildman–Crippen MR) is 44.7 cm³/mol. The molecule has 1 rings (SSSR count). The van der Waals surface area contributed by atoms with E-state index in [0.29, 0.717) is 12.0 Å². The zero-order valence-corrected chi connectivity index (χ0v) is 6.82. The van der Waals surface area contributed by atoms with Crippen LogP contribution < -0.4 is 0 Å². The fourth-order valence-corrected chi connectivity index (χ4v) is 1.04. The number of unbranched alkanes of at least 4 members (excludes halogenated alkanes) is 1. The van der Waals surface area contributed by atoms with Crippen LogP contribution in [0.2, 0.25) is 0 Å². The second-order valence-electron chi connectivity index (χ2n) is 2.69. The van der Waals surface area contributed by atoms with Gasteiger partial charge in [-0.2, -0.15) is 0 Å². The molecule has 1 aromatic carbocycles. The summed E-state index contributed by atoms with van der Waals surface area (Å²) in [5.41, 5.74) is 0.569. The number of aryl methyl sites for hydroxylation is 1. The molecular weight excluding hydrogens is 158 g/mol. The first-order valence-electron chi connectivity index (χ1n) is 3.97. The normalized spacial score (nSPS) is 10.2. The van der Waals surface area contributed by atoms with Crippen molar-refractivity contribution in [3.63, 3.8) is 0 Å². The van der Waals surface area contributed by atoms with Crippen molar-refractivity contribution in [3.8, 4) is 0 Å². The van der Waals surface area contributed by atoms with Gasteiger partial charge in [0.1, 0.15) is 11.6 Å². The lowest BCUT2D eigenvalue weighted by Crippen LogP contribution is -1.91. The molecule has 0 saturated carbocycles. The van der Waals surface area contributed by atoms with E-state index in [0.717, 1.165) is 18.9 Å². The third kappa shape index (κ3) is 2.29. The Kier molecular flexibility index (Phi) is 3.20. The van der Waals surface area contributed by atoms with Crippen molar-refractivity contribution < 1.29 is 8.78 Å². The standard InChI is InChI=1S/C10H11F2/c1-2-3-4-8-5-6-9(11)7-10(8)12/h5-7H,1-4H2. The Balaban J connectivity index is 2.72. The summed E-state index contributed by atoms with van der Waals surface area (Å²) in [4.78, 5) is 0. The van der Waals surface area contributed by atoms with E-state index >= 15 is 0 Å². The molecule has 0 bridgehead atoms. The Morgan fingerprint density at radius 3 is 2.58 bits per heavy atom. The highest BCUT2D eigenvalue weighted by Crippen LogP contribution is 2.11. The summed E-state index contributed by atoms with van der Waals surface area (Å²) in [6.45, 7) is 3.65. The predicted octanol–water partition coefficient (Wildman–Crippen LogP) is 3.12. The fourth-order valence-electron chi connectivity index (χ4n) is 1.04. The van der Waals surface area contributed by atoms with Crippen LogP contribution in [0.25, 0.3) is 0 Å². The molecule has 65 valence electrons. The minimum Gasteiger partial charge on any atom is -0.207 e.